The van der Waals surface area contributed by atoms with Crippen molar-refractivity contribution in [3.05, 3.63) is 23.3 Å². The van der Waals surface area contributed by atoms with Crippen LogP contribution in [0.5, 0.6) is 0 Å². The Morgan fingerprint density at radius 3 is 2.31 bits per heavy atom. The molecule has 0 radical (unpaired) electrons. The largest absolute Gasteiger partial charge is 0.379 e. The molecule has 3 saturated heterocycles. The SMILES string of the molecule is Nc1ncc(-c2nc(N3CCOCC3)c3sc(CN4CCC(CN5CCOCC5)CC4)cc3n2)cn1. The number of likely N-dealkylation sites (tertiary alicyclic amines) is 1. The van der Waals surface area contributed by atoms with Crippen LogP contribution in [-0.4, -0.2) is 102 Å². The number of rotatable bonds is 6. The van der Waals surface area contributed by atoms with Crippen LogP contribution >= 0.6 is 11.3 Å². The average Bonchev–Trinajstić information content (AvgIpc) is 3.33. The first kappa shape index (κ1) is 23.9. The number of thiophene rings is 1. The van der Waals surface area contributed by atoms with Gasteiger partial charge < -0.3 is 20.1 Å². The van der Waals surface area contributed by atoms with Crippen LogP contribution in [0.1, 0.15) is 17.7 Å². The molecule has 0 bridgehead atoms. The maximum absolute atomic E-state index is 5.69. The van der Waals surface area contributed by atoms with Gasteiger partial charge >= 0.3 is 0 Å². The molecule has 192 valence electrons. The maximum Gasteiger partial charge on any atom is 0.219 e. The highest BCUT2D eigenvalue weighted by Gasteiger charge is 2.24. The van der Waals surface area contributed by atoms with Crippen molar-refractivity contribution < 1.29 is 9.47 Å². The quantitative estimate of drug-likeness (QED) is 0.530. The van der Waals surface area contributed by atoms with E-state index in [9.17, 15) is 0 Å². The zero-order valence-electron chi connectivity index (χ0n) is 20.6. The molecule has 3 aromatic rings. The van der Waals surface area contributed by atoms with Gasteiger partial charge in [0.05, 0.1) is 42.2 Å². The van der Waals surface area contributed by atoms with E-state index < -0.39 is 0 Å². The summed E-state index contributed by atoms with van der Waals surface area (Å²) >= 11 is 1.82. The summed E-state index contributed by atoms with van der Waals surface area (Å²) in [6.07, 6.45) is 5.92. The predicted molar refractivity (Wildman–Crippen MR) is 141 cm³/mol. The first-order valence-electron chi connectivity index (χ1n) is 12.9. The topological polar surface area (TPSA) is 106 Å². The molecule has 0 aromatic carbocycles. The van der Waals surface area contributed by atoms with Crippen LogP contribution in [0.2, 0.25) is 0 Å². The molecule has 0 atom stereocenters. The highest BCUT2D eigenvalue weighted by Crippen LogP contribution is 2.35. The van der Waals surface area contributed by atoms with Crippen LogP contribution in [0, 0.1) is 5.92 Å². The van der Waals surface area contributed by atoms with Crippen LogP contribution in [0.4, 0.5) is 11.8 Å². The van der Waals surface area contributed by atoms with E-state index in [4.69, 9.17) is 25.2 Å². The van der Waals surface area contributed by atoms with Crippen molar-refractivity contribution in [1.82, 2.24) is 29.7 Å². The van der Waals surface area contributed by atoms with Gasteiger partial charge in [0.15, 0.2) is 11.6 Å². The van der Waals surface area contributed by atoms with E-state index in [1.807, 2.05) is 11.3 Å². The second kappa shape index (κ2) is 10.9. The van der Waals surface area contributed by atoms with Gasteiger partial charge in [-0.3, -0.25) is 9.80 Å². The van der Waals surface area contributed by atoms with Gasteiger partial charge in [-0.15, -0.1) is 11.3 Å². The minimum absolute atomic E-state index is 0.250. The molecule has 2 N–H and O–H groups in total. The Hall–Kier alpha value is -2.44. The number of hydrogen-bond donors (Lipinski definition) is 1. The summed E-state index contributed by atoms with van der Waals surface area (Å²) in [7, 11) is 0. The summed E-state index contributed by atoms with van der Waals surface area (Å²) in [6, 6.07) is 2.24. The van der Waals surface area contributed by atoms with Crippen molar-refractivity contribution in [2.45, 2.75) is 19.4 Å². The van der Waals surface area contributed by atoms with Crippen LogP contribution < -0.4 is 10.6 Å². The molecule has 3 aliphatic heterocycles. The third-order valence-corrected chi connectivity index (χ3v) is 8.46. The Morgan fingerprint density at radius 2 is 1.58 bits per heavy atom. The predicted octanol–water partition coefficient (Wildman–Crippen LogP) is 2.11. The average molecular weight is 511 g/mol. The molecule has 10 nitrogen and oxygen atoms in total. The lowest BCUT2D eigenvalue weighted by atomic mass is 9.96. The Labute approximate surface area is 215 Å². The molecule has 0 saturated carbocycles. The van der Waals surface area contributed by atoms with Crippen LogP contribution in [-0.2, 0) is 16.0 Å². The van der Waals surface area contributed by atoms with E-state index in [1.165, 1.54) is 24.3 Å². The number of fused-ring (bicyclic) bond motifs is 1. The molecule has 6 rings (SSSR count). The van der Waals surface area contributed by atoms with E-state index in [2.05, 4.69) is 30.7 Å². The highest BCUT2D eigenvalue weighted by atomic mass is 32.1. The van der Waals surface area contributed by atoms with E-state index >= 15 is 0 Å². The van der Waals surface area contributed by atoms with Gasteiger partial charge in [-0.05, 0) is 37.9 Å². The molecule has 11 heteroatoms. The van der Waals surface area contributed by atoms with Crippen LogP contribution in [0.25, 0.3) is 21.6 Å². The molecule has 3 aliphatic rings. The Morgan fingerprint density at radius 1 is 0.889 bits per heavy atom. The minimum atomic E-state index is 0.250. The molecule has 0 unspecified atom stereocenters. The summed E-state index contributed by atoms with van der Waals surface area (Å²) in [4.78, 5) is 27.0. The molecule has 0 aliphatic carbocycles. The molecule has 0 spiro atoms. The van der Waals surface area contributed by atoms with Gasteiger partial charge in [-0.1, -0.05) is 0 Å². The number of anilines is 2. The van der Waals surface area contributed by atoms with Gasteiger partial charge in [0.25, 0.3) is 0 Å². The number of piperidine rings is 1. The monoisotopic (exact) mass is 510 g/mol. The Balaban J connectivity index is 1.19. The van der Waals surface area contributed by atoms with E-state index in [0.29, 0.717) is 19.0 Å². The van der Waals surface area contributed by atoms with Gasteiger partial charge in [0.2, 0.25) is 5.95 Å². The fourth-order valence-electron chi connectivity index (χ4n) is 5.31. The second-order valence-electron chi connectivity index (χ2n) is 9.86. The third kappa shape index (κ3) is 5.45. The van der Waals surface area contributed by atoms with Gasteiger partial charge in [-0.2, -0.15) is 0 Å². The van der Waals surface area contributed by atoms with E-state index in [-0.39, 0.29) is 5.95 Å². The molecule has 6 heterocycles. The van der Waals surface area contributed by atoms with Crippen LogP contribution in [0.3, 0.4) is 0 Å². The lowest BCUT2D eigenvalue weighted by molar-refractivity contribution is 0.0242. The van der Waals surface area contributed by atoms with Crippen molar-refractivity contribution >= 4 is 33.3 Å². The normalized spacial score (nSPS) is 20.8. The lowest BCUT2D eigenvalue weighted by Gasteiger charge is -2.35. The Bertz CT molecular complexity index is 1150. The maximum atomic E-state index is 5.69. The molecular formula is C25H34N8O2S. The van der Waals surface area contributed by atoms with Gasteiger partial charge in [0, 0.05) is 56.5 Å². The molecule has 0 amide bonds. The molecule has 3 aromatic heterocycles. The number of ether oxygens (including phenoxy) is 2. The lowest BCUT2D eigenvalue weighted by Crippen LogP contribution is -2.42. The van der Waals surface area contributed by atoms with Gasteiger partial charge in [-0.25, -0.2) is 19.9 Å². The minimum Gasteiger partial charge on any atom is -0.379 e. The van der Waals surface area contributed by atoms with Crippen molar-refractivity contribution in [2.24, 2.45) is 5.92 Å². The Kier molecular flexibility index (Phi) is 7.24. The van der Waals surface area contributed by atoms with Gasteiger partial charge in [0.1, 0.15) is 0 Å². The van der Waals surface area contributed by atoms with E-state index in [1.54, 1.807) is 12.4 Å². The van der Waals surface area contributed by atoms with Crippen molar-refractivity contribution in [3.8, 4) is 11.4 Å². The summed E-state index contributed by atoms with van der Waals surface area (Å²) in [5.41, 5.74) is 7.45. The number of aromatic nitrogens is 4. The highest BCUT2D eigenvalue weighted by molar-refractivity contribution is 7.19. The van der Waals surface area contributed by atoms with Crippen LogP contribution in [0.15, 0.2) is 18.5 Å². The number of hydrogen-bond acceptors (Lipinski definition) is 11. The molecule has 36 heavy (non-hydrogen) atoms. The summed E-state index contributed by atoms with van der Waals surface area (Å²) in [6.45, 7) is 11.5. The third-order valence-electron chi connectivity index (χ3n) is 7.35. The smallest absolute Gasteiger partial charge is 0.219 e. The second-order valence-corrected chi connectivity index (χ2v) is 11.0. The van der Waals surface area contributed by atoms with E-state index in [0.717, 1.165) is 86.5 Å². The number of morpholine rings is 2. The van der Waals surface area contributed by atoms with Crippen molar-refractivity contribution in [2.75, 3.05) is 82.9 Å². The summed E-state index contributed by atoms with van der Waals surface area (Å²) < 4.78 is 12.2. The number of nitrogens with two attached hydrogens (primary N) is 1. The number of nitrogens with zero attached hydrogens (tertiary/aromatic N) is 7. The first-order valence-corrected chi connectivity index (χ1v) is 13.8. The van der Waals surface area contributed by atoms with Crippen molar-refractivity contribution in [3.63, 3.8) is 0 Å². The standard InChI is InChI=1S/C25H34N8O2S/c26-25-27-14-19(15-28-25)23-29-21-13-20(36-22(21)24(30-23)33-7-11-35-12-8-33)17-31-3-1-18(2-4-31)16-32-5-9-34-10-6-32/h13-15,18H,1-12,16-17H2,(H2,26,27,28). The van der Waals surface area contributed by atoms with Crippen molar-refractivity contribution in [1.29, 1.82) is 0 Å². The molecule has 3 fully saturated rings. The zero-order valence-corrected chi connectivity index (χ0v) is 21.5. The number of nitrogen functional groups attached to an aromatic ring is 1. The fourth-order valence-corrected chi connectivity index (χ4v) is 6.47. The molecular weight excluding hydrogens is 476 g/mol. The zero-order chi connectivity index (χ0) is 24.3. The fraction of sp³-hybridized carbons (Fsp3) is 0.600. The first-order chi connectivity index (χ1) is 17.7. The summed E-state index contributed by atoms with van der Waals surface area (Å²) in [5, 5.41) is 0. The summed E-state index contributed by atoms with van der Waals surface area (Å²) in [5.74, 6) is 2.66.